The van der Waals surface area contributed by atoms with Gasteiger partial charge in [-0.2, -0.15) is 9.61 Å². The Balaban J connectivity index is 1.60. The lowest BCUT2D eigenvalue weighted by atomic mass is 10.1. The van der Waals surface area contributed by atoms with Gasteiger partial charge in [0.1, 0.15) is 0 Å². The molecule has 0 saturated heterocycles. The van der Waals surface area contributed by atoms with Gasteiger partial charge in [0.2, 0.25) is 5.16 Å². The van der Waals surface area contributed by atoms with Crippen LogP contribution in [0.2, 0.25) is 5.02 Å². The maximum atomic E-state index is 12.2. The molecule has 5 nitrogen and oxygen atoms in total. The number of thioether (sulfide) groups is 1. The van der Waals surface area contributed by atoms with Gasteiger partial charge in [-0.25, -0.2) is 0 Å². The molecule has 4 aromatic rings. The fraction of sp³-hybridized carbons (Fsp3) is 0.0588. The van der Waals surface area contributed by atoms with E-state index >= 15 is 0 Å². The Morgan fingerprint density at radius 2 is 1.96 bits per heavy atom. The third kappa shape index (κ3) is 3.44. The molecule has 1 aromatic carbocycles. The van der Waals surface area contributed by atoms with Gasteiger partial charge in [0.05, 0.1) is 16.3 Å². The molecule has 0 spiro atoms. The van der Waals surface area contributed by atoms with Gasteiger partial charge in [-0.1, -0.05) is 41.6 Å². The number of fused-ring (bicyclic) bond motifs is 1. The third-order valence-corrected chi connectivity index (χ3v) is 5.58. The first-order valence-electron chi connectivity index (χ1n) is 7.38. The van der Waals surface area contributed by atoms with E-state index in [0.717, 1.165) is 16.1 Å². The largest absolute Gasteiger partial charge is 0.292 e. The average Bonchev–Trinajstić information content (AvgIpc) is 3.30. The summed E-state index contributed by atoms with van der Waals surface area (Å²) >= 11 is 8.71. The minimum Gasteiger partial charge on any atom is -0.292 e. The topological polar surface area (TPSA) is 60.2 Å². The number of halogens is 1. The van der Waals surface area contributed by atoms with Crippen molar-refractivity contribution in [1.82, 2.24) is 19.8 Å². The van der Waals surface area contributed by atoms with Crippen LogP contribution < -0.4 is 0 Å². The molecule has 0 amide bonds. The highest BCUT2D eigenvalue weighted by Gasteiger charge is 2.13. The number of rotatable bonds is 5. The van der Waals surface area contributed by atoms with E-state index in [-0.39, 0.29) is 5.78 Å². The predicted octanol–water partition coefficient (Wildman–Crippen LogP) is 4.48. The smallest absolute Gasteiger partial charge is 0.212 e. The van der Waals surface area contributed by atoms with Crippen molar-refractivity contribution in [3.8, 4) is 11.3 Å². The monoisotopic (exact) mass is 386 g/mol. The first kappa shape index (κ1) is 16.3. The molecule has 4 rings (SSSR count). The minimum absolute atomic E-state index is 0.0746. The summed E-state index contributed by atoms with van der Waals surface area (Å²) in [5.74, 6) is 0.374. The summed E-state index contributed by atoms with van der Waals surface area (Å²) in [4.78, 5) is 12.9. The van der Waals surface area contributed by atoms with Crippen LogP contribution in [0.15, 0.2) is 59.1 Å². The molecule has 0 aliphatic carbocycles. The number of carbonyl (C=O) groups excluding carboxylic acids is 1. The number of benzene rings is 1. The van der Waals surface area contributed by atoms with E-state index < -0.39 is 0 Å². The summed E-state index contributed by atoms with van der Waals surface area (Å²) in [6.07, 6.45) is 0. The number of aromatic nitrogens is 4. The lowest BCUT2D eigenvalue weighted by Crippen LogP contribution is -2.02. The number of carbonyl (C=O) groups is 1. The van der Waals surface area contributed by atoms with E-state index in [1.54, 1.807) is 4.52 Å². The molecule has 0 aliphatic rings. The van der Waals surface area contributed by atoms with Gasteiger partial charge in [0.25, 0.3) is 0 Å². The Morgan fingerprint density at radius 1 is 1.12 bits per heavy atom. The zero-order chi connectivity index (χ0) is 17.2. The van der Waals surface area contributed by atoms with Gasteiger partial charge < -0.3 is 0 Å². The van der Waals surface area contributed by atoms with Gasteiger partial charge >= 0.3 is 0 Å². The number of thiophene rings is 1. The molecule has 3 aromatic heterocycles. The van der Waals surface area contributed by atoms with E-state index in [9.17, 15) is 4.79 Å². The molecule has 0 radical (unpaired) electrons. The number of hydrogen-bond donors (Lipinski definition) is 0. The lowest BCUT2D eigenvalue weighted by molar-refractivity contribution is 0.102. The van der Waals surface area contributed by atoms with Crippen LogP contribution in [-0.2, 0) is 0 Å². The quantitative estimate of drug-likeness (QED) is 0.374. The van der Waals surface area contributed by atoms with Crippen molar-refractivity contribution in [3.63, 3.8) is 0 Å². The second-order valence-corrected chi connectivity index (χ2v) is 7.49. The maximum Gasteiger partial charge on any atom is 0.212 e. The first-order chi connectivity index (χ1) is 12.2. The standard InChI is InChI=1S/C17H11ClN4OS2/c18-12-5-3-11(4-6-12)13-7-8-16-19-20-17(22(16)21-13)25-10-14(23)15-2-1-9-24-15/h1-9H,10H2. The summed E-state index contributed by atoms with van der Waals surface area (Å²) in [5.41, 5.74) is 2.38. The normalized spacial score (nSPS) is 11.1. The number of ketones is 1. The van der Waals surface area contributed by atoms with E-state index in [4.69, 9.17) is 11.6 Å². The van der Waals surface area contributed by atoms with Crippen LogP contribution in [0.3, 0.4) is 0 Å². The molecule has 0 unspecified atom stereocenters. The summed E-state index contributed by atoms with van der Waals surface area (Å²) in [6.45, 7) is 0. The Morgan fingerprint density at radius 3 is 2.72 bits per heavy atom. The van der Waals surface area contributed by atoms with Crippen molar-refractivity contribution in [3.05, 3.63) is 63.8 Å². The lowest BCUT2D eigenvalue weighted by Gasteiger charge is -2.03. The highest BCUT2D eigenvalue weighted by atomic mass is 35.5. The van der Waals surface area contributed by atoms with E-state index in [2.05, 4.69) is 15.3 Å². The van der Waals surface area contributed by atoms with E-state index in [0.29, 0.717) is 21.6 Å². The van der Waals surface area contributed by atoms with Crippen molar-refractivity contribution >= 4 is 46.1 Å². The predicted molar refractivity (Wildman–Crippen MR) is 101 cm³/mol. The number of Topliss-reactive ketones (excluding diaryl/α,β-unsaturated/α-hetero) is 1. The highest BCUT2D eigenvalue weighted by molar-refractivity contribution is 7.99. The van der Waals surface area contributed by atoms with Crippen molar-refractivity contribution in [1.29, 1.82) is 0 Å². The molecule has 0 N–H and O–H groups in total. The first-order valence-corrected chi connectivity index (χ1v) is 9.63. The molecule has 0 bridgehead atoms. The Kier molecular flexibility index (Phi) is 4.52. The molecule has 0 fully saturated rings. The van der Waals surface area contributed by atoms with Crippen LogP contribution in [0.1, 0.15) is 9.67 Å². The van der Waals surface area contributed by atoms with Crippen LogP contribution in [0.5, 0.6) is 0 Å². The van der Waals surface area contributed by atoms with Crippen LogP contribution in [0, 0.1) is 0 Å². The Hall–Kier alpha value is -2.22. The van der Waals surface area contributed by atoms with Crippen molar-refractivity contribution < 1.29 is 4.79 Å². The van der Waals surface area contributed by atoms with Gasteiger partial charge in [-0.3, -0.25) is 4.79 Å². The molecule has 0 atom stereocenters. The van der Waals surface area contributed by atoms with Gasteiger partial charge in [0.15, 0.2) is 11.4 Å². The van der Waals surface area contributed by atoms with Crippen LogP contribution >= 0.6 is 34.7 Å². The second kappa shape index (κ2) is 6.95. The summed E-state index contributed by atoms with van der Waals surface area (Å²) < 4.78 is 1.66. The average molecular weight is 387 g/mol. The fourth-order valence-electron chi connectivity index (χ4n) is 2.27. The molecule has 8 heteroatoms. The van der Waals surface area contributed by atoms with Crippen LogP contribution in [0.4, 0.5) is 0 Å². The molecular formula is C17H11ClN4OS2. The van der Waals surface area contributed by atoms with Gasteiger partial charge in [-0.05, 0) is 35.7 Å². The summed E-state index contributed by atoms with van der Waals surface area (Å²) in [7, 11) is 0. The second-order valence-electron chi connectivity index (χ2n) is 5.17. The highest BCUT2D eigenvalue weighted by Crippen LogP contribution is 2.23. The Labute approximate surface area is 156 Å². The SMILES string of the molecule is O=C(CSc1nnc2ccc(-c3ccc(Cl)cc3)nn12)c1cccs1. The van der Waals surface area contributed by atoms with Crippen molar-refractivity contribution in [2.24, 2.45) is 0 Å². The summed E-state index contributed by atoms with van der Waals surface area (Å²) in [5, 5.41) is 16.0. The Bertz CT molecular complexity index is 1030. The molecular weight excluding hydrogens is 376 g/mol. The van der Waals surface area contributed by atoms with Crippen molar-refractivity contribution in [2.45, 2.75) is 5.16 Å². The maximum absolute atomic E-state index is 12.2. The summed E-state index contributed by atoms with van der Waals surface area (Å²) in [6, 6.07) is 14.9. The van der Waals surface area contributed by atoms with Crippen molar-refractivity contribution in [2.75, 3.05) is 5.75 Å². The van der Waals surface area contributed by atoms with Gasteiger partial charge in [0, 0.05) is 10.6 Å². The number of nitrogens with zero attached hydrogens (tertiary/aromatic N) is 4. The zero-order valence-electron chi connectivity index (χ0n) is 12.8. The third-order valence-electron chi connectivity index (χ3n) is 3.50. The van der Waals surface area contributed by atoms with Gasteiger partial charge in [-0.15, -0.1) is 21.5 Å². The minimum atomic E-state index is 0.0746. The van der Waals surface area contributed by atoms with Crippen LogP contribution in [0.25, 0.3) is 16.9 Å². The molecule has 124 valence electrons. The molecule has 0 aliphatic heterocycles. The van der Waals surface area contributed by atoms with E-state index in [1.165, 1.54) is 23.1 Å². The fourth-order valence-corrected chi connectivity index (χ4v) is 3.92. The van der Waals surface area contributed by atoms with Crippen LogP contribution in [-0.4, -0.2) is 31.3 Å². The molecule has 25 heavy (non-hydrogen) atoms. The molecule has 0 saturated carbocycles. The van der Waals surface area contributed by atoms with E-state index in [1.807, 2.05) is 53.9 Å². The molecule has 3 heterocycles. The number of hydrogen-bond acceptors (Lipinski definition) is 6. The zero-order valence-corrected chi connectivity index (χ0v) is 15.2.